The topological polar surface area (TPSA) is 34.1 Å². The molecule has 1 aliphatic carbocycles. The summed E-state index contributed by atoms with van der Waals surface area (Å²) in [6.45, 7) is 10.4. The first-order valence-electron chi connectivity index (χ1n) is 7.29. The monoisotopic (exact) mass is 282 g/mol. The fourth-order valence-electron chi connectivity index (χ4n) is 1.77. The highest BCUT2D eigenvalue weighted by atomic mass is 32.1. The van der Waals surface area contributed by atoms with E-state index < -0.39 is 0 Å². The third-order valence-electron chi connectivity index (χ3n) is 3.29. The van der Waals surface area contributed by atoms with Crippen LogP contribution in [0.5, 0.6) is 0 Å². The number of hydrogen-bond acceptors (Lipinski definition) is 4. The second kappa shape index (κ2) is 6.82. The number of thiazole rings is 1. The summed E-state index contributed by atoms with van der Waals surface area (Å²) in [6.07, 6.45) is 3.83. The van der Waals surface area contributed by atoms with E-state index in [-0.39, 0.29) is 5.41 Å². The molecule has 1 heterocycles. The molecule has 0 aliphatic heterocycles. The molecule has 19 heavy (non-hydrogen) atoms. The maximum absolute atomic E-state index is 5.61. The second-order valence-corrected chi connectivity index (χ2v) is 7.37. The highest BCUT2D eigenvalue weighted by Gasteiger charge is 2.20. The zero-order valence-electron chi connectivity index (χ0n) is 12.4. The summed E-state index contributed by atoms with van der Waals surface area (Å²) in [7, 11) is 0. The van der Waals surface area contributed by atoms with Crippen LogP contribution in [-0.2, 0) is 16.7 Å². The van der Waals surface area contributed by atoms with Crippen molar-refractivity contribution < 1.29 is 4.74 Å². The van der Waals surface area contributed by atoms with Crippen molar-refractivity contribution in [2.24, 2.45) is 5.92 Å². The molecule has 4 heteroatoms. The van der Waals surface area contributed by atoms with Crippen LogP contribution >= 0.6 is 11.3 Å². The Balaban J connectivity index is 1.53. The van der Waals surface area contributed by atoms with Crippen molar-refractivity contribution in [2.45, 2.75) is 52.0 Å². The fourth-order valence-corrected chi connectivity index (χ4v) is 2.76. The van der Waals surface area contributed by atoms with E-state index in [0.717, 1.165) is 38.6 Å². The van der Waals surface area contributed by atoms with Crippen LogP contribution in [0.4, 0.5) is 0 Å². The van der Waals surface area contributed by atoms with Gasteiger partial charge in [0.25, 0.3) is 0 Å². The average Bonchev–Trinajstić information content (AvgIpc) is 3.02. The Labute approximate surface area is 120 Å². The first-order chi connectivity index (χ1) is 9.05. The lowest BCUT2D eigenvalue weighted by molar-refractivity contribution is 0.122. The molecule has 0 atom stereocenters. The molecule has 0 aromatic carbocycles. The van der Waals surface area contributed by atoms with Gasteiger partial charge in [-0.15, -0.1) is 11.3 Å². The van der Waals surface area contributed by atoms with Crippen LogP contribution in [0.15, 0.2) is 5.38 Å². The lowest BCUT2D eigenvalue weighted by Gasteiger charge is -2.14. The van der Waals surface area contributed by atoms with Gasteiger partial charge in [-0.25, -0.2) is 4.98 Å². The van der Waals surface area contributed by atoms with Gasteiger partial charge in [-0.2, -0.15) is 0 Å². The minimum absolute atomic E-state index is 0.158. The third-order valence-corrected chi connectivity index (χ3v) is 4.14. The van der Waals surface area contributed by atoms with Gasteiger partial charge >= 0.3 is 0 Å². The zero-order valence-corrected chi connectivity index (χ0v) is 13.2. The van der Waals surface area contributed by atoms with Crippen molar-refractivity contribution in [3.8, 4) is 0 Å². The van der Waals surface area contributed by atoms with E-state index in [9.17, 15) is 0 Å². The molecule has 3 nitrogen and oxygen atoms in total. The van der Waals surface area contributed by atoms with Crippen molar-refractivity contribution in [3.05, 3.63) is 16.1 Å². The molecular weight excluding hydrogens is 256 g/mol. The molecule has 108 valence electrons. The summed E-state index contributed by atoms with van der Waals surface area (Å²) < 4.78 is 5.61. The zero-order chi connectivity index (χ0) is 13.7. The average molecular weight is 282 g/mol. The van der Waals surface area contributed by atoms with E-state index in [2.05, 4.69) is 36.5 Å². The number of rotatable bonds is 8. The molecule has 1 aromatic rings. The number of nitrogens with one attached hydrogen (secondary N) is 1. The van der Waals surface area contributed by atoms with Crippen LogP contribution in [-0.4, -0.2) is 24.7 Å². The Morgan fingerprint density at radius 3 is 2.84 bits per heavy atom. The molecule has 0 saturated heterocycles. The molecule has 1 saturated carbocycles. The lowest BCUT2D eigenvalue weighted by atomic mass is 9.93. The first kappa shape index (κ1) is 14.9. The van der Waals surface area contributed by atoms with Gasteiger partial charge in [-0.1, -0.05) is 20.8 Å². The van der Waals surface area contributed by atoms with Crippen molar-refractivity contribution in [1.29, 1.82) is 0 Å². The first-order valence-corrected chi connectivity index (χ1v) is 8.17. The number of hydrogen-bond donors (Lipinski definition) is 1. The van der Waals surface area contributed by atoms with Crippen molar-refractivity contribution >= 4 is 11.3 Å². The van der Waals surface area contributed by atoms with Gasteiger partial charge < -0.3 is 10.1 Å². The van der Waals surface area contributed by atoms with Crippen molar-refractivity contribution in [2.75, 3.05) is 19.8 Å². The molecule has 0 bridgehead atoms. The normalized spacial score (nSPS) is 15.9. The molecule has 0 amide bonds. The van der Waals surface area contributed by atoms with Gasteiger partial charge in [0.1, 0.15) is 5.01 Å². The quantitative estimate of drug-likeness (QED) is 0.743. The highest BCUT2D eigenvalue weighted by molar-refractivity contribution is 7.09. The molecular formula is C15H26N2OS. The SMILES string of the molecule is CC(C)(C)c1csc(CNCCCOCC2CC2)n1. The summed E-state index contributed by atoms with van der Waals surface area (Å²) in [5, 5.41) is 6.80. The van der Waals surface area contributed by atoms with E-state index in [0.29, 0.717) is 0 Å². The minimum Gasteiger partial charge on any atom is -0.381 e. The third kappa shape index (κ3) is 5.59. The van der Waals surface area contributed by atoms with Crippen LogP contribution in [0.25, 0.3) is 0 Å². The maximum Gasteiger partial charge on any atom is 0.107 e. The molecule has 2 rings (SSSR count). The lowest BCUT2D eigenvalue weighted by Crippen LogP contribution is -2.17. The number of aromatic nitrogens is 1. The van der Waals surface area contributed by atoms with Crippen LogP contribution in [0, 0.1) is 5.92 Å². The van der Waals surface area contributed by atoms with Crippen LogP contribution in [0.2, 0.25) is 0 Å². The smallest absolute Gasteiger partial charge is 0.107 e. The summed E-state index contributed by atoms with van der Waals surface area (Å²) in [4.78, 5) is 4.67. The van der Waals surface area contributed by atoms with Gasteiger partial charge in [0.2, 0.25) is 0 Å². The molecule has 1 N–H and O–H groups in total. The molecule has 0 radical (unpaired) electrons. The van der Waals surface area contributed by atoms with Crippen LogP contribution in [0.1, 0.15) is 50.7 Å². The minimum atomic E-state index is 0.158. The Bertz CT molecular complexity index is 380. The van der Waals surface area contributed by atoms with Crippen LogP contribution < -0.4 is 5.32 Å². The van der Waals surface area contributed by atoms with E-state index in [1.54, 1.807) is 11.3 Å². The van der Waals surface area contributed by atoms with Gasteiger partial charge in [0.05, 0.1) is 5.69 Å². The maximum atomic E-state index is 5.61. The molecule has 0 unspecified atom stereocenters. The predicted molar refractivity (Wildman–Crippen MR) is 80.7 cm³/mol. The summed E-state index contributed by atoms with van der Waals surface area (Å²) >= 11 is 1.75. The molecule has 0 spiro atoms. The summed E-state index contributed by atoms with van der Waals surface area (Å²) in [5.74, 6) is 0.874. The Hall–Kier alpha value is -0.450. The van der Waals surface area contributed by atoms with Crippen LogP contribution in [0.3, 0.4) is 0 Å². The molecule has 1 aliphatic rings. The van der Waals surface area contributed by atoms with Gasteiger partial charge in [0.15, 0.2) is 0 Å². The Morgan fingerprint density at radius 2 is 2.21 bits per heavy atom. The number of ether oxygens (including phenoxy) is 1. The Morgan fingerprint density at radius 1 is 1.42 bits per heavy atom. The largest absolute Gasteiger partial charge is 0.381 e. The van der Waals surface area contributed by atoms with Crippen molar-refractivity contribution in [1.82, 2.24) is 10.3 Å². The van der Waals surface area contributed by atoms with E-state index in [4.69, 9.17) is 4.74 Å². The fraction of sp³-hybridized carbons (Fsp3) is 0.800. The second-order valence-electron chi connectivity index (χ2n) is 6.43. The van der Waals surface area contributed by atoms with Gasteiger partial charge in [-0.3, -0.25) is 0 Å². The predicted octanol–water partition coefficient (Wildman–Crippen LogP) is 3.35. The van der Waals surface area contributed by atoms with E-state index in [1.165, 1.54) is 23.5 Å². The van der Waals surface area contributed by atoms with Gasteiger partial charge in [-0.05, 0) is 31.7 Å². The molecule has 1 aromatic heterocycles. The Kier molecular flexibility index (Phi) is 5.37. The highest BCUT2D eigenvalue weighted by Crippen LogP contribution is 2.28. The van der Waals surface area contributed by atoms with E-state index >= 15 is 0 Å². The standard InChI is InChI=1S/C15H26N2OS/c1-15(2,3)13-11-19-14(17-13)9-16-7-4-8-18-10-12-5-6-12/h11-12,16H,4-10H2,1-3H3. The summed E-state index contributed by atoms with van der Waals surface area (Å²) in [5.41, 5.74) is 1.35. The summed E-state index contributed by atoms with van der Waals surface area (Å²) in [6, 6.07) is 0. The molecule has 1 fully saturated rings. The van der Waals surface area contributed by atoms with Crippen molar-refractivity contribution in [3.63, 3.8) is 0 Å². The van der Waals surface area contributed by atoms with Gasteiger partial charge in [0, 0.05) is 30.6 Å². The number of nitrogens with zero attached hydrogens (tertiary/aromatic N) is 1. The van der Waals surface area contributed by atoms with E-state index in [1.807, 2.05) is 0 Å².